The zero-order valence-electron chi connectivity index (χ0n) is 11.2. The van der Waals surface area contributed by atoms with E-state index in [4.69, 9.17) is 0 Å². The summed E-state index contributed by atoms with van der Waals surface area (Å²) in [5.74, 6) is 1.08. The van der Waals surface area contributed by atoms with Crippen LogP contribution >= 0.6 is 0 Å². The van der Waals surface area contributed by atoms with E-state index in [2.05, 4.69) is 22.0 Å². The summed E-state index contributed by atoms with van der Waals surface area (Å²) in [6, 6.07) is 1.31. The molecular weight excluding hydrogens is 228 g/mol. The second kappa shape index (κ2) is 4.63. The van der Waals surface area contributed by atoms with Crippen molar-refractivity contribution in [1.29, 1.82) is 0 Å². The largest absolute Gasteiger partial charge is 0.385 e. The summed E-state index contributed by atoms with van der Waals surface area (Å²) in [6.07, 6.45) is 5.83. The van der Waals surface area contributed by atoms with E-state index in [9.17, 15) is 5.11 Å². The summed E-state index contributed by atoms with van der Waals surface area (Å²) < 4.78 is 1.81. The van der Waals surface area contributed by atoms with Gasteiger partial charge in [0, 0.05) is 18.6 Å². The van der Waals surface area contributed by atoms with Crippen molar-refractivity contribution in [1.82, 2.24) is 19.7 Å². The lowest BCUT2D eigenvalue weighted by Gasteiger charge is -2.38. The van der Waals surface area contributed by atoms with E-state index >= 15 is 0 Å². The van der Waals surface area contributed by atoms with Gasteiger partial charge in [-0.1, -0.05) is 0 Å². The Balaban J connectivity index is 1.76. The van der Waals surface area contributed by atoms with Crippen molar-refractivity contribution >= 4 is 0 Å². The first-order chi connectivity index (χ1) is 8.70. The van der Waals surface area contributed by atoms with E-state index in [1.54, 1.807) is 6.33 Å². The van der Waals surface area contributed by atoms with E-state index in [-0.39, 0.29) is 0 Å². The number of rotatable bonds is 3. The lowest BCUT2D eigenvalue weighted by molar-refractivity contribution is 0.0283. The zero-order chi connectivity index (χ0) is 12.7. The van der Waals surface area contributed by atoms with Crippen molar-refractivity contribution in [2.45, 2.75) is 57.3 Å². The van der Waals surface area contributed by atoms with Gasteiger partial charge in [0.2, 0.25) is 0 Å². The van der Waals surface area contributed by atoms with Gasteiger partial charge in [-0.05, 0) is 45.6 Å². The third-order valence-electron chi connectivity index (χ3n) is 4.79. The quantitative estimate of drug-likeness (QED) is 0.876. The number of nitrogens with zero attached hydrogens (tertiary/aromatic N) is 4. The number of aliphatic hydroxyl groups is 1. The molecule has 2 fully saturated rings. The smallest absolute Gasteiger partial charge is 0.156 e. The van der Waals surface area contributed by atoms with Crippen molar-refractivity contribution < 1.29 is 5.11 Å². The minimum absolute atomic E-state index is 0.341. The van der Waals surface area contributed by atoms with Crippen LogP contribution in [-0.2, 0) is 6.54 Å². The van der Waals surface area contributed by atoms with Gasteiger partial charge in [0.1, 0.15) is 12.4 Å². The molecule has 2 aliphatic heterocycles. The van der Waals surface area contributed by atoms with Crippen molar-refractivity contribution in [3.8, 4) is 0 Å². The molecule has 3 unspecified atom stereocenters. The van der Waals surface area contributed by atoms with Gasteiger partial charge in [0.15, 0.2) is 5.82 Å². The molecule has 0 spiro atoms. The molecule has 1 N–H and O–H groups in total. The van der Waals surface area contributed by atoms with Crippen LogP contribution in [0.25, 0.3) is 0 Å². The molecule has 0 aliphatic carbocycles. The molecule has 3 atom stereocenters. The summed E-state index contributed by atoms with van der Waals surface area (Å²) in [7, 11) is 2.22. The van der Waals surface area contributed by atoms with E-state index < -0.39 is 6.10 Å². The molecule has 0 amide bonds. The van der Waals surface area contributed by atoms with Gasteiger partial charge in [0.25, 0.3) is 0 Å². The van der Waals surface area contributed by atoms with Crippen molar-refractivity contribution in [2.75, 3.05) is 7.05 Å². The summed E-state index contributed by atoms with van der Waals surface area (Å²) in [5, 5.41) is 14.7. The maximum Gasteiger partial charge on any atom is 0.156 e. The molecule has 0 aromatic carbocycles. The molecule has 2 bridgehead atoms. The summed E-state index contributed by atoms with van der Waals surface area (Å²) >= 11 is 0. The van der Waals surface area contributed by atoms with Crippen LogP contribution in [0.4, 0.5) is 0 Å². The molecule has 2 aliphatic rings. The maximum absolute atomic E-state index is 10.6. The van der Waals surface area contributed by atoms with E-state index in [1.807, 2.05) is 11.6 Å². The molecular formula is C13H22N4O. The highest BCUT2D eigenvalue weighted by Gasteiger charge is 2.41. The topological polar surface area (TPSA) is 54.2 Å². The van der Waals surface area contributed by atoms with Crippen LogP contribution in [0.2, 0.25) is 0 Å². The van der Waals surface area contributed by atoms with Crippen LogP contribution in [0.5, 0.6) is 0 Å². The monoisotopic (exact) mass is 250 g/mol. The molecule has 1 aromatic rings. The molecule has 3 rings (SSSR count). The van der Waals surface area contributed by atoms with Crippen LogP contribution < -0.4 is 0 Å². The first-order valence-corrected chi connectivity index (χ1v) is 6.98. The van der Waals surface area contributed by atoms with Crippen molar-refractivity contribution in [2.24, 2.45) is 5.92 Å². The van der Waals surface area contributed by atoms with Crippen LogP contribution in [0.3, 0.4) is 0 Å². The van der Waals surface area contributed by atoms with Crippen LogP contribution in [0.15, 0.2) is 6.33 Å². The summed E-state index contributed by atoms with van der Waals surface area (Å²) in [5.41, 5.74) is 0. The fourth-order valence-electron chi connectivity index (χ4n) is 3.67. The second-order valence-corrected chi connectivity index (χ2v) is 5.66. The molecule has 3 heterocycles. The number of aliphatic hydroxyl groups excluding tert-OH is 1. The fraction of sp³-hybridized carbons (Fsp3) is 0.846. The highest BCUT2D eigenvalue weighted by atomic mass is 16.3. The van der Waals surface area contributed by atoms with Gasteiger partial charge in [-0.2, -0.15) is 5.10 Å². The molecule has 2 saturated heterocycles. The van der Waals surface area contributed by atoms with E-state index in [0.717, 1.165) is 25.2 Å². The third kappa shape index (κ3) is 1.86. The van der Waals surface area contributed by atoms with E-state index in [1.165, 1.54) is 12.8 Å². The Kier molecular flexibility index (Phi) is 3.11. The van der Waals surface area contributed by atoms with Gasteiger partial charge in [-0.25, -0.2) is 9.67 Å². The molecule has 1 aromatic heterocycles. The number of aromatic nitrogens is 3. The van der Waals surface area contributed by atoms with Gasteiger partial charge in [-0.15, -0.1) is 0 Å². The van der Waals surface area contributed by atoms with Gasteiger partial charge < -0.3 is 10.0 Å². The predicted octanol–water partition coefficient (Wildman–Crippen LogP) is 1.20. The first-order valence-electron chi connectivity index (χ1n) is 6.98. The van der Waals surface area contributed by atoms with Gasteiger partial charge in [-0.3, -0.25) is 0 Å². The van der Waals surface area contributed by atoms with Gasteiger partial charge in [0.05, 0.1) is 0 Å². The number of aryl methyl sites for hydroxylation is 1. The van der Waals surface area contributed by atoms with Crippen LogP contribution in [0.1, 0.15) is 44.5 Å². The summed E-state index contributed by atoms with van der Waals surface area (Å²) in [4.78, 5) is 6.73. The highest BCUT2D eigenvalue weighted by molar-refractivity contribution is 5.00. The second-order valence-electron chi connectivity index (χ2n) is 5.66. The molecule has 100 valence electrons. The number of hydrogen-bond acceptors (Lipinski definition) is 4. The molecule has 5 nitrogen and oxygen atoms in total. The average molecular weight is 250 g/mol. The molecule has 0 saturated carbocycles. The Morgan fingerprint density at radius 3 is 2.67 bits per heavy atom. The number of piperidine rings is 1. The maximum atomic E-state index is 10.6. The van der Waals surface area contributed by atoms with Gasteiger partial charge >= 0.3 is 0 Å². The van der Waals surface area contributed by atoms with Crippen LogP contribution in [0, 0.1) is 5.92 Å². The summed E-state index contributed by atoms with van der Waals surface area (Å²) in [6.45, 7) is 2.80. The average Bonchev–Trinajstić information content (AvgIpc) is 2.90. The standard InChI is InChI=1S/C13H22N4O/c1-3-17-13(14-8-15-17)12(18)9-6-10-4-5-11(7-9)16(10)2/h8-12,18H,3-7H2,1-2H3. The Hall–Kier alpha value is -0.940. The highest BCUT2D eigenvalue weighted by Crippen LogP contribution is 2.41. The normalized spacial score (nSPS) is 33.8. The lowest BCUT2D eigenvalue weighted by atomic mass is 9.86. The van der Waals surface area contributed by atoms with Crippen molar-refractivity contribution in [3.63, 3.8) is 0 Å². The molecule has 5 heteroatoms. The minimum atomic E-state index is -0.454. The Bertz CT molecular complexity index is 405. The lowest BCUT2D eigenvalue weighted by Crippen LogP contribution is -2.41. The Morgan fingerprint density at radius 1 is 1.39 bits per heavy atom. The van der Waals surface area contributed by atoms with Crippen molar-refractivity contribution in [3.05, 3.63) is 12.2 Å². The SMILES string of the molecule is CCn1ncnc1C(O)C1CC2CCC(C1)N2C. The third-order valence-corrected chi connectivity index (χ3v) is 4.79. The van der Waals surface area contributed by atoms with Crippen LogP contribution in [-0.4, -0.2) is 43.9 Å². The molecule has 18 heavy (non-hydrogen) atoms. The zero-order valence-corrected chi connectivity index (χ0v) is 11.2. The number of hydrogen-bond donors (Lipinski definition) is 1. The Labute approximate surface area is 108 Å². The minimum Gasteiger partial charge on any atom is -0.385 e. The molecule has 0 radical (unpaired) electrons. The first kappa shape index (κ1) is 12.1. The van der Waals surface area contributed by atoms with E-state index in [0.29, 0.717) is 18.0 Å². The Morgan fingerprint density at radius 2 is 2.06 bits per heavy atom. The number of fused-ring (bicyclic) bond motifs is 2. The fourth-order valence-corrected chi connectivity index (χ4v) is 3.67. The predicted molar refractivity (Wildman–Crippen MR) is 68.0 cm³/mol.